The fourth-order valence-electron chi connectivity index (χ4n) is 2.47. The van der Waals surface area contributed by atoms with Crippen LogP contribution in [0.25, 0.3) is 0 Å². The summed E-state index contributed by atoms with van der Waals surface area (Å²) in [5.74, 6) is -0.704. The molecule has 0 aliphatic rings. The molecule has 2 nitrogen and oxygen atoms in total. The number of carboxylic acids is 1. The van der Waals surface area contributed by atoms with E-state index in [9.17, 15) is 4.79 Å². The molecule has 0 aromatic carbocycles. The Bertz CT molecular complexity index is 292. The molecule has 128 valence electrons. The van der Waals surface area contributed by atoms with Crippen LogP contribution >= 0.6 is 0 Å². The molecule has 0 saturated heterocycles. The van der Waals surface area contributed by atoms with E-state index in [4.69, 9.17) is 5.11 Å². The number of rotatable bonds is 16. The van der Waals surface area contributed by atoms with Crippen molar-refractivity contribution in [3.8, 4) is 0 Å². The van der Waals surface area contributed by atoms with E-state index in [0.717, 1.165) is 19.3 Å². The van der Waals surface area contributed by atoms with E-state index >= 15 is 0 Å². The number of unbranched alkanes of at least 4 members (excludes halogenated alkanes) is 11. The SMILES string of the molecule is CCCCCCCCCCCCC=CC=CCCCC(=O)O. The summed E-state index contributed by atoms with van der Waals surface area (Å²) in [6.07, 6.45) is 25.3. The molecule has 0 saturated carbocycles. The van der Waals surface area contributed by atoms with Crippen molar-refractivity contribution in [1.82, 2.24) is 0 Å². The molecule has 0 bridgehead atoms. The summed E-state index contributed by atoms with van der Waals surface area (Å²) in [5.41, 5.74) is 0. The third-order valence-electron chi connectivity index (χ3n) is 3.87. The van der Waals surface area contributed by atoms with Gasteiger partial charge in [0.05, 0.1) is 0 Å². The fraction of sp³-hybridized carbons (Fsp3) is 0.750. The smallest absolute Gasteiger partial charge is 0.303 e. The lowest BCUT2D eigenvalue weighted by Crippen LogP contribution is -1.92. The van der Waals surface area contributed by atoms with Crippen molar-refractivity contribution < 1.29 is 9.90 Å². The maximum atomic E-state index is 10.3. The van der Waals surface area contributed by atoms with Crippen LogP contribution in [0.15, 0.2) is 24.3 Å². The molecule has 2 heteroatoms. The lowest BCUT2D eigenvalue weighted by atomic mass is 10.1. The van der Waals surface area contributed by atoms with E-state index in [1.807, 2.05) is 6.08 Å². The molecule has 0 radical (unpaired) electrons. The number of allylic oxidation sites excluding steroid dienone is 4. The van der Waals surface area contributed by atoms with Crippen molar-refractivity contribution in [3.63, 3.8) is 0 Å². The Morgan fingerprint density at radius 2 is 1.18 bits per heavy atom. The summed E-state index contributed by atoms with van der Waals surface area (Å²) in [6, 6.07) is 0. The van der Waals surface area contributed by atoms with Crippen LogP contribution in [0.3, 0.4) is 0 Å². The van der Waals surface area contributed by atoms with E-state index in [1.165, 1.54) is 64.2 Å². The first kappa shape index (κ1) is 20.9. The fourth-order valence-corrected chi connectivity index (χ4v) is 2.47. The van der Waals surface area contributed by atoms with Gasteiger partial charge in [0.15, 0.2) is 0 Å². The highest BCUT2D eigenvalue weighted by Crippen LogP contribution is 2.11. The topological polar surface area (TPSA) is 37.3 Å². The van der Waals surface area contributed by atoms with Crippen molar-refractivity contribution >= 4 is 5.97 Å². The van der Waals surface area contributed by atoms with Gasteiger partial charge in [-0.15, -0.1) is 0 Å². The third-order valence-corrected chi connectivity index (χ3v) is 3.87. The second-order valence-corrected chi connectivity index (χ2v) is 6.11. The molecule has 0 atom stereocenters. The number of hydrogen-bond donors (Lipinski definition) is 1. The minimum Gasteiger partial charge on any atom is -0.481 e. The minimum absolute atomic E-state index is 0.270. The first-order valence-corrected chi connectivity index (χ1v) is 9.30. The van der Waals surface area contributed by atoms with Crippen molar-refractivity contribution in [1.29, 1.82) is 0 Å². The molecule has 1 N–H and O–H groups in total. The van der Waals surface area contributed by atoms with E-state index < -0.39 is 5.97 Å². The first-order valence-electron chi connectivity index (χ1n) is 9.30. The van der Waals surface area contributed by atoms with E-state index in [0.29, 0.717) is 0 Å². The van der Waals surface area contributed by atoms with Gasteiger partial charge in [0.2, 0.25) is 0 Å². The van der Waals surface area contributed by atoms with Gasteiger partial charge in [0.25, 0.3) is 0 Å². The summed E-state index contributed by atoms with van der Waals surface area (Å²) in [6.45, 7) is 2.27. The molecule has 0 aromatic rings. The minimum atomic E-state index is -0.704. The molecule has 0 heterocycles. The van der Waals surface area contributed by atoms with Gasteiger partial charge >= 0.3 is 5.97 Å². The maximum absolute atomic E-state index is 10.3. The van der Waals surface area contributed by atoms with Crippen LogP contribution in [0.1, 0.15) is 96.8 Å². The standard InChI is InChI=1S/C20H36O2/c1-2-3-4-5-6-7-8-9-10-11-12-13-14-15-16-17-18-19-20(21)22/h13-16H,2-12,17-19H2,1H3,(H,21,22). The maximum Gasteiger partial charge on any atom is 0.303 e. The quantitative estimate of drug-likeness (QED) is 0.255. The van der Waals surface area contributed by atoms with Crippen LogP contribution < -0.4 is 0 Å². The lowest BCUT2D eigenvalue weighted by Gasteiger charge is -2.01. The van der Waals surface area contributed by atoms with Crippen molar-refractivity contribution in [2.24, 2.45) is 0 Å². The van der Waals surface area contributed by atoms with Crippen molar-refractivity contribution in [3.05, 3.63) is 24.3 Å². The average Bonchev–Trinajstić information content (AvgIpc) is 2.50. The third kappa shape index (κ3) is 18.9. The van der Waals surface area contributed by atoms with Gasteiger partial charge in [-0.05, 0) is 25.7 Å². The first-order chi connectivity index (χ1) is 10.8. The zero-order valence-corrected chi connectivity index (χ0v) is 14.6. The van der Waals surface area contributed by atoms with Gasteiger partial charge in [0.1, 0.15) is 0 Å². The highest BCUT2D eigenvalue weighted by atomic mass is 16.4. The molecule has 0 spiro atoms. The van der Waals surface area contributed by atoms with Crippen LogP contribution in [0.2, 0.25) is 0 Å². The number of carboxylic acid groups (broad SMARTS) is 1. The van der Waals surface area contributed by atoms with Gasteiger partial charge in [-0.3, -0.25) is 4.79 Å². The molecule has 0 rings (SSSR count). The molecule has 0 aliphatic carbocycles. The second kappa shape index (κ2) is 18.0. The van der Waals surface area contributed by atoms with Gasteiger partial charge in [-0.1, -0.05) is 89.0 Å². The number of hydrogen-bond acceptors (Lipinski definition) is 1. The molecule has 0 aromatic heterocycles. The molecule has 0 fully saturated rings. The Labute approximate surface area is 137 Å². The van der Waals surface area contributed by atoms with E-state index in [-0.39, 0.29) is 6.42 Å². The zero-order chi connectivity index (χ0) is 16.3. The molecule has 0 aliphatic heterocycles. The van der Waals surface area contributed by atoms with Crippen LogP contribution in [0, 0.1) is 0 Å². The monoisotopic (exact) mass is 308 g/mol. The molecular formula is C20H36O2. The number of carbonyl (C=O) groups is 1. The zero-order valence-electron chi connectivity index (χ0n) is 14.6. The Kier molecular flexibility index (Phi) is 17.1. The normalized spacial score (nSPS) is 11.7. The molecular weight excluding hydrogens is 272 g/mol. The largest absolute Gasteiger partial charge is 0.481 e. The average molecular weight is 309 g/mol. The van der Waals surface area contributed by atoms with Crippen molar-refractivity contribution in [2.45, 2.75) is 96.8 Å². The van der Waals surface area contributed by atoms with Crippen LogP contribution in [0.4, 0.5) is 0 Å². The van der Waals surface area contributed by atoms with Gasteiger partial charge in [-0.2, -0.15) is 0 Å². The second-order valence-electron chi connectivity index (χ2n) is 6.11. The summed E-state index contributed by atoms with van der Waals surface area (Å²) >= 11 is 0. The van der Waals surface area contributed by atoms with Crippen LogP contribution in [0.5, 0.6) is 0 Å². The summed E-state index contributed by atoms with van der Waals surface area (Å²) < 4.78 is 0. The Morgan fingerprint density at radius 1 is 0.727 bits per heavy atom. The van der Waals surface area contributed by atoms with Gasteiger partial charge < -0.3 is 5.11 Å². The molecule has 0 amide bonds. The summed E-state index contributed by atoms with van der Waals surface area (Å²) in [7, 11) is 0. The molecule has 22 heavy (non-hydrogen) atoms. The highest BCUT2D eigenvalue weighted by molar-refractivity contribution is 5.66. The molecule has 0 unspecified atom stereocenters. The van der Waals surface area contributed by atoms with E-state index in [2.05, 4.69) is 25.2 Å². The summed E-state index contributed by atoms with van der Waals surface area (Å²) in [4.78, 5) is 10.3. The lowest BCUT2D eigenvalue weighted by molar-refractivity contribution is -0.137. The Balaban J connectivity index is 3.17. The van der Waals surface area contributed by atoms with Crippen LogP contribution in [-0.4, -0.2) is 11.1 Å². The predicted octanol–water partition coefficient (Wildman–Crippen LogP) is 6.66. The summed E-state index contributed by atoms with van der Waals surface area (Å²) in [5, 5.41) is 8.50. The van der Waals surface area contributed by atoms with Gasteiger partial charge in [-0.25, -0.2) is 0 Å². The van der Waals surface area contributed by atoms with Crippen molar-refractivity contribution in [2.75, 3.05) is 0 Å². The highest BCUT2D eigenvalue weighted by Gasteiger charge is 1.93. The number of aliphatic carboxylic acids is 1. The van der Waals surface area contributed by atoms with Gasteiger partial charge in [0, 0.05) is 6.42 Å². The Hall–Kier alpha value is -1.05. The predicted molar refractivity (Wildman–Crippen MR) is 96.2 cm³/mol. The van der Waals surface area contributed by atoms with E-state index in [1.54, 1.807) is 0 Å². The van der Waals surface area contributed by atoms with Crippen LogP contribution in [-0.2, 0) is 4.79 Å². The Morgan fingerprint density at radius 3 is 1.68 bits per heavy atom.